The number of carboxylic acid groups (broad SMARTS) is 3. The van der Waals surface area contributed by atoms with E-state index in [1.165, 1.54) is 19.3 Å². The van der Waals surface area contributed by atoms with E-state index in [1.54, 1.807) is 0 Å². The van der Waals surface area contributed by atoms with E-state index in [-0.39, 0.29) is 31.1 Å². The Hall–Kier alpha value is -1.93. The lowest BCUT2D eigenvalue weighted by atomic mass is 9.84. The molecule has 0 aliphatic carbocycles. The molecule has 0 aliphatic heterocycles. The zero-order chi connectivity index (χ0) is 21.9. The molecule has 0 amide bonds. The topological polar surface area (TPSA) is 182 Å². The predicted octanol–water partition coefficient (Wildman–Crippen LogP) is 6.22. The molecule has 0 saturated heterocycles. The first kappa shape index (κ1) is 33.7. The second-order valence-electron chi connectivity index (χ2n) is 7.89. The van der Waals surface area contributed by atoms with Crippen LogP contribution in [-0.4, -0.2) is 33.2 Å². The third kappa shape index (κ3) is 21.1. The standard InChI is InChI=1S/C23H40O6.2H3N/c1-2-3-4-5-9-12-15-19(20(23(28)29)18-22(26)27)16-13-10-7-6-8-11-14-17-21(24)25;;/h13,16,19-20H,2-12,14-15,17-18H2,1H3,(H,24,25)(H,26,27)(H,28,29);2*1H3. The van der Waals surface area contributed by atoms with Crippen molar-refractivity contribution in [2.45, 2.75) is 103 Å². The Morgan fingerprint density at radius 2 is 1.29 bits per heavy atom. The molecule has 0 fully saturated rings. The molecule has 2 unspecified atom stereocenters. The van der Waals surface area contributed by atoms with Gasteiger partial charge < -0.3 is 27.6 Å². The van der Waals surface area contributed by atoms with E-state index in [0.717, 1.165) is 51.4 Å². The summed E-state index contributed by atoms with van der Waals surface area (Å²) in [6.07, 6.45) is 16.7. The van der Waals surface area contributed by atoms with E-state index in [0.29, 0.717) is 12.8 Å². The van der Waals surface area contributed by atoms with Crippen LogP contribution in [0.15, 0.2) is 12.2 Å². The molecule has 31 heavy (non-hydrogen) atoms. The zero-order valence-corrected chi connectivity index (χ0v) is 19.4. The maximum atomic E-state index is 11.6. The van der Waals surface area contributed by atoms with E-state index >= 15 is 0 Å². The average molecular weight is 447 g/mol. The molecule has 0 bridgehead atoms. The van der Waals surface area contributed by atoms with Gasteiger partial charge in [0.2, 0.25) is 0 Å². The zero-order valence-electron chi connectivity index (χ0n) is 19.4. The first-order chi connectivity index (χ1) is 13.9. The van der Waals surface area contributed by atoms with Crippen LogP contribution in [-0.2, 0) is 14.4 Å². The minimum Gasteiger partial charge on any atom is -0.481 e. The second kappa shape index (κ2) is 22.7. The molecular weight excluding hydrogens is 400 g/mol. The lowest BCUT2D eigenvalue weighted by Crippen LogP contribution is -2.25. The molecule has 0 aromatic rings. The van der Waals surface area contributed by atoms with Crippen LogP contribution in [0.5, 0.6) is 0 Å². The van der Waals surface area contributed by atoms with E-state index in [2.05, 4.69) is 6.92 Å². The summed E-state index contributed by atoms with van der Waals surface area (Å²) in [6, 6.07) is 0. The summed E-state index contributed by atoms with van der Waals surface area (Å²) in [5.41, 5.74) is 0. The van der Waals surface area contributed by atoms with Crippen LogP contribution in [0.3, 0.4) is 0 Å². The number of aliphatic carboxylic acids is 3. The summed E-state index contributed by atoms with van der Waals surface area (Å²) < 4.78 is 0. The number of unbranched alkanes of at least 4 members (excludes halogenated alkanes) is 10. The van der Waals surface area contributed by atoms with Gasteiger partial charge in [-0.05, 0) is 31.6 Å². The fourth-order valence-electron chi connectivity index (χ4n) is 3.54. The molecule has 0 spiro atoms. The number of rotatable bonds is 20. The molecule has 8 nitrogen and oxygen atoms in total. The van der Waals surface area contributed by atoms with Crippen LogP contribution in [0, 0.1) is 11.8 Å². The van der Waals surface area contributed by atoms with E-state index < -0.39 is 23.8 Å². The van der Waals surface area contributed by atoms with Crippen molar-refractivity contribution in [1.29, 1.82) is 0 Å². The van der Waals surface area contributed by atoms with Gasteiger partial charge in [0, 0.05) is 6.42 Å². The fourth-order valence-corrected chi connectivity index (χ4v) is 3.54. The number of carbonyl (C=O) groups is 3. The van der Waals surface area contributed by atoms with Crippen molar-refractivity contribution in [2.75, 3.05) is 0 Å². The molecule has 2 atom stereocenters. The Balaban J connectivity index is -0.00000392. The summed E-state index contributed by atoms with van der Waals surface area (Å²) in [7, 11) is 0. The minimum atomic E-state index is -1.07. The highest BCUT2D eigenvalue weighted by Gasteiger charge is 2.28. The number of allylic oxidation sites excluding steroid dienone is 2. The molecule has 184 valence electrons. The lowest BCUT2D eigenvalue weighted by Gasteiger charge is -2.20. The number of carboxylic acids is 3. The van der Waals surface area contributed by atoms with Crippen LogP contribution in [0.1, 0.15) is 103 Å². The van der Waals surface area contributed by atoms with Crippen LogP contribution in [0.25, 0.3) is 0 Å². The van der Waals surface area contributed by atoms with E-state index in [1.807, 2.05) is 12.2 Å². The summed E-state index contributed by atoms with van der Waals surface area (Å²) in [4.78, 5) is 33.1. The smallest absolute Gasteiger partial charge is 0.307 e. The Morgan fingerprint density at radius 3 is 1.84 bits per heavy atom. The highest BCUT2D eigenvalue weighted by molar-refractivity contribution is 5.78. The van der Waals surface area contributed by atoms with Gasteiger partial charge in [-0.25, -0.2) is 0 Å². The van der Waals surface area contributed by atoms with Crippen molar-refractivity contribution in [3.63, 3.8) is 0 Å². The summed E-state index contributed by atoms with van der Waals surface area (Å²) in [5.74, 6) is -3.98. The quantitative estimate of drug-likeness (QED) is 0.108. The SMILES string of the molecule is CCCCCCCCC(C=CCCCCCCCC(=O)O)C(CC(=O)O)C(=O)O.N.N. The van der Waals surface area contributed by atoms with Crippen molar-refractivity contribution in [3.8, 4) is 0 Å². The highest BCUT2D eigenvalue weighted by atomic mass is 16.4. The second-order valence-corrected chi connectivity index (χ2v) is 7.89. The molecule has 9 N–H and O–H groups in total. The number of hydrogen-bond acceptors (Lipinski definition) is 5. The monoisotopic (exact) mass is 446 g/mol. The van der Waals surface area contributed by atoms with Gasteiger partial charge in [0.15, 0.2) is 0 Å². The molecule has 0 aromatic carbocycles. The van der Waals surface area contributed by atoms with Crippen LogP contribution >= 0.6 is 0 Å². The molecule has 0 rings (SSSR count). The Bertz CT molecular complexity index is 496. The third-order valence-electron chi connectivity index (χ3n) is 5.26. The molecule has 0 radical (unpaired) electrons. The van der Waals surface area contributed by atoms with Gasteiger partial charge in [-0.3, -0.25) is 14.4 Å². The van der Waals surface area contributed by atoms with Gasteiger partial charge in [0.25, 0.3) is 0 Å². The number of hydrogen-bond donors (Lipinski definition) is 5. The summed E-state index contributed by atoms with van der Waals surface area (Å²) >= 11 is 0. The van der Waals surface area contributed by atoms with Gasteiger partial charge in [-0.15, -0.1) is 0 Å². The van der Waals surface area contributed by atoms with Crippen molar-refractivity contribution in [1.82, 2.24) is 12.3 Å². The van der Waals surface area contributed by atoms with Crippen molar-refractivity contribution in [2.24, 2.45) is 11.8 Å². The summed E-state index contributed by atoms with van der Waals surface area (Å²) in [5, 5.41) is 27.2. The first-order valence-corrected chi connectivity index (χ1v) is 11.2. The van der Waals surface area contributed by atoms with Crippen molar-refractivity contribution < 1.29 is 29.7 Å². The maximum Gasteiger partial charge on any atom is 0.307 e. The Morgan fingerprint density at radius 1 is 0.742 bits per heavy atom. The van der Waals surface area contributed by atoms with Crippen molar-refractivity contribution in [3.05, 3.63) is 12.2 Å². The van der Waals surface area contributed by atoms with Crippen LogP contribution in [0.4, 0.5) is 0 Å². The minimum absolute atomic E-state index is 0. The van der Waals surface area contributed by atoms with Crippen molar-refractivity contribution >= 4 is 17.9 Å². The summed E-state index contributed by atoms with van der Waals surface area (Å²) in [6.45, 7) is 2.17. The fraction of sp³-hybridized carbons (Fsp3) is 0.783. The average Bonchev–Trinajstić information content (AvgIpc) is 2.65. The lowest BCUT2D eigenvalue weighted by molar-refractivity contribution is -0.149. The Labute approximate surface area is 187 Å². The van der Waals surface area contributed by atoms with Crippen LogP contribution in [0.2, 0.25) is 0 Å². The molecular formula is C23H46N2O6. The highest BCUT2D eigenvalue weighted by Crippen LogP contribution is 2.25. The third-order valence-corrected chi connectivity index (χ3v) is 5.26. The predicted molar refractivity (Wildman–Crippen MR) is 124 cm³/mol. The van der Waals surface area contributed by atoms with E-state index in [4.69, 9.17) is 10.2 Å². The van der Waals surface area contributed by atoms with Gasteiger partial charge in [0.1, 0.15) is 0 Å². The first-order valence-electron chi connectivity index (χ1n) is 11.2. The molecule has 8 heteroatoms. The van der Waals surface area contributed by atoms with E-state index in [9.17, 15) is 19.5 Å². The Kier molecular flexibility index (Phi) is 24.7. The molecule has 0 saturated carbocycles. The van der Waals surface area contributed by atoms with Gasteiger partial charge in [0.05, 0.1) is 12.3 Å². The van der Waals surface area contributed by atoms with Gasteiger partial charge in [-0.2, -0.15) is 0 Å². The molecule has 0 aliphatic rings. The van der Waals surface area contributed by atoms with Gasteiger partial charge >= 0.3 is 17.9 Å². The molecule has 0 aromatic heterocycles. The van der Waals surface area contributed by atoms with Crippen LogP contribution < -0.4 is 12.3 Å². The van der Waals surface area contributed by atoms with Gasteiger partial charge in [-0.1, -0.05) is 76.9 Å². The molecule has 0 heterocycles. The maximum absolute atomic E-state index is 11.6. The normalized spacial score (nSPS) is 12.5. The largest absolute Gasteiger partial charge is 0.481 e.